The maximum atomic E-state index is 11.3. The molecule has 0 spiro atoms. The van der Waals surface area contributed by atoms with E-state index in [0.717, 1.165) is 44.3 Å². The summed E-state index contributed by atoms with van der Waals surface area (Å²) in [7, 11) is 0. The molecule has 0 aliphatic rings. The predicted octanol–water partition coefficient (Wildman–Crippen LogP) is 6.31. The molecule has 0 saturated heterocycles. The molecule has 2 aromatic carbocycles. The van der Waals surface area contributed by atoms with E-state index in [2.05, 4.69) is 32.7 Å². The Morgan fingerprint density at radius 2 is 1.55 bits per heavy atom. The van der Waals surface area contributed by atoms with Crippen LogP contribution in [0.5, 0.6) is 5.75 Å². The number of unbranched alkanes of at least 4 members (excludes halogenated alkanes) is 5. The molecule has 0 aromatic heterocycles. The number of nitrogens with one attached hydrogen (secondary N) is 3. The molecule has 2 aromatic rings. The Balaban J connectivity index is 1.49. The summed E-state index contributed by atoms with van der Waals surface area (Å²) in [5.74, 6) is 0.627. The van der Waals surface area contributed by atoms with Crippen molar-refractivity contribution in [1.82, 2.24) is 5.32 Å². The monoisotopic (exact) mass is 478 g/mol. The second-order valence-electron chi connectivity index (χ2n) is 6.85. The number of rotatable bonds is 12. The zero-order chi connectivity index (χ0) is 22.3. The number of benzene rings is 2. The van der Waals surface area contributed by atoms with Crippen molar-refractivity contribution in [2.24, 2.45) is 4.36 Å². The first kappa shape index (κ1) is 25.0. The van der Waals surface area contributed by atoms with Crippen LogP contribution in [-0.2, 0) is 12.4 Å². The summed E-state index contributed by atoms with van der Waals surface area (Å²) in [4.78, 5) is 11.3. The lowest BCUT2D eigenvalue weighted by Crippen LogP contribution is -2.29. The number of nitrogens with zero attached hydrogens (tertiary/aromatic N) is 1. The zero-order valence-corrected chi connectivity index (χ0v) is 19.6. The van der Waals surface area contributed by atoms with Gasteiger partial charge in [0, 0.05) is 19.0 Å². The van der Waals surface area contributed by atoms with Crippen molar-refractivity contribution in [3.05, 3.63) is 53.6 Å². The third-order valence-electron chi connectivity index (χ3n) is 4.45. The number of thiocarbonyl (C=S) groups is 1. The van der Waals surface area contributed by atoms with Gasteiger partial charge in [-0.15, -0.1) is 4.36 Å². The molecule has 0 fully saturated rings. The Bertz CT molecular complexity index is 867. The Labute approximate surface area is 199 Å². The highest BCUT2D eigenvalue weighted by molar-refractivity contribution is 7.80. The lowest BCUT2D eigenvalue weighted by molar-refractivity contribution is 0.259. The van der Waals surface area contributed by atoms with Crippen molar-refractivity contribution < 1.29 is 9.53 Å². The van der Waals surface area contributed by atoms with Crippen molar-refractivity contribution in [2.45, 2.75) is 38.5 Å². The van der Waals surface area contributed by atoms with Crippen LogP contribution >= 0.6 is 23.8 Å². The number of anilines is 2. The van der Waals surface area contributed by atoms with Gasteiger partial charge in [-0.2, -0.15) is 0 Å². The van der Waals surface area contributed by atoms with Gasteiger partial charge in [0.1, 0.15) is 5.75 Å². The quantitative estimate of drug-likeness (QED) is 0.245. The van der Waals surface area contributed by atoms with Gasteiger partial charge in [0.15, 0.2) is 5.11 Å². The first-order valence-electron chi connectivity index (χ1n) is 10.3. The maximum absolute atomic E-state index is 11.3. The highest BCUT2D eigenvalue weighted by atomic mass is 35.5. The molecule has 0 radical (unpaired) electrons. The van der Waals surface area contributed by atoms with E-state index < -0.39 is 6.03 Å². The SMILES string of the molecule is O=C(N=S)Nc1ccccc1OCCCCCCCCNC(=S)Nc1ccccc1Cl. The van der Waals surface area contributed by atoms with E-state index in [4.69, 9.17) is 28.6 Å². The Hall–Kier alpha value is -2.29. The van der Waals surface area contributed by atoms with Crippen molar-refractivity contribution in [3.8, 4) is 5.75 Å². The van der Waals surface area contributed by atoms with E-state index in [1.54, 1.807) is 6.07 Å². The van der Waals surface area contributed by atoms with Crippen LogP contribution in [0.1, 0.15) is 38.5 Å². The Morgan fingerprint density at radius 1 is 0.903 bits per heavy atom. The van der Waals surface area contributed by atoms with E-state index in [9.17, 15) is 4.79 Å². The largest absolute Gasteiger partial charge is 0.491 e. The van der Waals surface area contributed by atoms with Gasteiger partial charge in [0.05, 0.1) is 23.0 Å². The summed E-state index contributed by atoms with van der Waals surface area (Å²) in [6.07, 6.45) is 6.57. The van der Waals surface area contributed by atoms with Gasteiger partial charge in [-0.1, -0.05) is 61.5 Å². The first-order chi connectivity index (χ1) is 15.1. The highest BCUT2D eigenvalue weighted by Gasteiger charge is 2.06. The lowest BCUT2D eigenvalue weighted by atomic mass is 10.1. The number of urea groups is 1. The smallest absolute Gasteiger partial charge is 0.356 e. The van der Waals surface area contributed by atoms with Gasteiger partial charge in [0.2, 0.25) is 0 Å². The molecule has 0 aliphatic carbocycles. The highest BCUT2D eigenvalue weighted by Crippen LogP contribution is 2.24. The van der Waals surface area contributed by atoms with E-state index in [0.29, 0.717) is 28.2 Å². The second-order valence-corrected chi connectivity index (χ2v) is 7.85. The fraction of sp³-hybridized carbons (Fsp3) is 0.364. The molecular weight excluding hydrogens is 452 g/mol. The van der Waals surface area contributed by atoms with E-state index in [1.807, 2.05) is 42.5 Å². The lowest BCUT2D eigenvalue weighted by Gasteiger charge is -2.12. The minimum Gasteiger partial charge on any atom is -0.491 e. The first-order valence-corrected chi connectivity index (χ1v) is 11.4. The Kier molecular flexibility index (Phi) is 11.8. The number of halogens is 1. The molecule has 2 amide bonds. The zero-order valence-electron chi connectivity index (χ0n) is 17.2. The summed E-state index contributed by atoms with van der Waals surface area (Å²) < 4.78 is 8.95. The minimum absolute atomic E-state index is 0.569. The molecule has 0 bridgehead atoms. The summed E-state index contributed by atoms with van der Waals surface area (Å²) in [6, 6.07) is 14.2. The van der Waals surface area contributed by atoms with Crippen LogP contribution in [0.3, 0.4) is 0 Å². The molecule has 9 heteroatoms. The van der Waals surface area contributed by atoms with Gasteiger partial charge in [-0.05, 0) is 49.3 Å². The fourth-order valence-electron chi connectivity index (χ4n) is 2.88. The van der Waals surface area contributed by atoms with Crippen LogP contribution in [0, 0.1) is 0 Å². The number of para-hydroxylation sites is 3. The van der Waals surface area contributed by atoms with Crippen molar-refractivity contribution in [1.29, 1.82) is 0 Å². The van der Waals surface area contributed by atoms with Gasteiger partial charge >= 0.3 is 6.03 Å². The molecule has 3 N–H and O–H groups in total. The maximum Gasteiger partial charge on any atom is 0.356 e. The van der Waals surface area contributed by atoms with Gasteiger partial charge in [0.25, 0.3) is 0 Å². The number of carbonyl (C=O) groups excluding carboxylic acids is 1. The molecule has 0 saturated carbocycles. The number of hydrogen-bond acceptors (Lipinski definition) is 4. The molecule has 31 heavy (non-hydrogen) atoms. The van der Waals surface area contributed by atoms with Crippen LogP contribution in [0.4, 0.5) is 16.2 Å². The number of carbonyl (C=O) groups is 1. The van der Waals surface area contributed by atoms with Crippen molar-refractivity contribution in [3.63, 3.8) is 0 Å². The average molecular weight is 479 g/mol. The fourth-order valence-corrected chi connectivity index (χ4v) is 3.32. The summed E-state index contributed by atoms with van der Waals surface area (Å²) in [6.45, 7) is 1.43. The number of ether oxygens (including phenoxy) is 1. The van der Waals surface area contributed by atoms with Crippen molar-refractivity contribution in [2.75, 3.05) is 23.8 Å². The predicted molar refractivity (Wildman–Crippen MR) is 134 cm³/mol. The van der Waals surface area contributed by atoms with Crippen LogP contribution in [-0.4, -0.2) is 24.3 Å². The summed E-state index contributed by atoms with van der Waals surface area (Å²) in [5.41, 5.74) is 1.39. The van der Waals surface area contributed by atoms with Crippen molar-refractivity contribution >= 4 is 58.8 Å². The third kappa shape index (κ3) is 10.0. The van der Waals surface area contributed by atoms with Crippen LogP contribution < -0.4 is 20.7 Å². The molecular formula is C22H27ClN4O2S2. The topological polar surface area (TPSA) is 74.8 Å². The van der Waals surface area contributed by atoms with Crippen LogP contribution in [0.25, 0.3) is 0 Å². The van der Waals surface area contributed by atoms with Gasteiger partial charge < -0.3 is 20.7 Å². The third-order valence-corrected chi connectivity index (χ3v) is 5.19. The molecule has 166 valence electrons. The van der Waals surface area contributed by atoms with Crippen LogP contribution in [0.2, 0.25) is 5.02 Å². The normalized spacial score (nSPS) is 10.2. The minimum atomic E-state index is -0.569. The molecule has 2 rings (SSSR count). The molecule has 0 heterocycles. The van der Waals surface area contributed by atoms with E-state index in [1.165, 1.54) is 6.42 Å². The van der Waals surface area contributed by atoms with E-state index in [-0.39, 0.29) is 0 Å². The summed E-state index contributed by atoms with van der Waals surface area (Å²) >= 11 is 15.8. The number of hydrogen-bond donors (Lipinski definition) is 3. The summed E-state index contributed by atoms with van der Waals surface area (Å²) in [5, 5.41) is 10.2. The Morgan fingerprint density at radius 3 is 2.29 bits per heavy atom. The average Bonchev–Trinajstić information content (AvgIpc) is 2.77. The van der Waals surface area contributed by atoms with Crippen LogP contribution in [0.15, 0.2) is 52.9 Å². The standard InChI is InChI=1S/C22H27ClN4O2S2/c23-17-11-5-6-12-18(17)26-22(30)24-15-9-3-1-2-4-10-16-29-20-14-8-7-13-19(20)25-21(28)27-31/h5-8,11-14H,1-4,9-10,15-16H2,(H,25,28)(H2,24,26,30). The molecule has 0 atom stereocenters. The molecule has 6 nitrogen and oxygen atoms in total. The second kappa shape index (κ2) is 14.7. The molecule has 0 aliphatic heterocycles. The van der Waals surface area contributed by atoms with E-state index >= 15 is 0 Å². The molecule has 0 unspecified atom stereocenters. The van der Waals surface area contributed by atoms with Gasteiger partial charge in [-0.3, -0.25) is 0 Å². The van der Waals surface area contributed by atoms with Gasteiger partial charge in [-0.25, -0.2) is 4.79 Å². The number of amides is 2.